The number of nitrogens with two attached hydrogens (primary N) is 1. The molecular formula is C20H30N4O. The largest absolute Gasteiger partial charge is 0.488 e. The topological polar surface area (TPSA) is 73.1 Å². The summed E-state index contributed by atoms with van der Waals surface area (Å²) in [5.41, 5.74) is 10.5. The van der Waals surface area contributed by atoms with E-state index in [4.69, 9.17) is 10.5 Å². The molecule has 0 aliphatic carbocycles. The average Bonchev–Trinajstić information content (AvgIpc) is 2.56. The van der Waals surface area contributed by atoms with E-state index < -0.39 is 0 Å². The van der Waals surface area contributed by atoms with E-state index in [-0.39, 0.29) is 0 Å². The molecule has 0 fully saturated rings. The Morgan fingerprint density at radius 2 is 1.84 bits per heavy atom. The van der Waals surface area contributed by atoms with E-state index >= 15 is 0 Å². The summed E-state index contributed by atoms with van der Waals surface area (Å²) in [6.45, 7) is 11.6. The zero-order valence-corrected chi connectivity index (χ0v) is 16.0. The van der Waals surface area contributed by atoms with Gasteiger partial charge in [-0.05, 0) is 57.7 Å². The van der Waals surface area contributed by atoms with E-state index in [0.29, 0.717) is 36.5 Å². The Morgan fingerprint density at radius 3 is 2.44 bits per heavy atom. The molecule has 3 N–H and O–H groups in total. The van der Waals surface area contributed by atoms with Gasteiger partial charge in [-0.15, -0.1) is 0 Å². The molecule has 0 bridgehead atoms. The molecule has 1 aromatic heterocycles. The highest BCUT2D eigenvalue weighted by Crippen LogP contribution is 2.30. The van der Waals surface area contributed by atoms with Gasteiger partial charge in [-0.2, -0.15) is 0 Å². The standard InChI is InChI=1S/C20H30N4O/c1-6-17(11-21)7-8-25-18-12-22-16(5)23-20(18)24-19-14(3)9-13(2)10-15(19)4/h9-10,12,17H,6-8,11,21H2,1-5H3,(H,22,23,24). The Morgan fingerprint density at radius 1 is 1.16 bits per heavy atom. The quantitative estimate of drug-likeness (QED) is 0.752. The first-order valence-corrected chi connectivity index (χ1v) is 8.96. The smallest absolute Gasteiger partial charge is 0.180 e. The molecule has 1 aromatic carbocycles. The summed E-state index contributed by atoms with van der Waals surface area (Å²) in [6, 6.07) is 4.33. The number of anilines is 2. The number of ether oxygens (including phenoxy) is 1. The lowest BCUT2D eigenvalue weighted by Gasteiger charge is -2.17. The Labute approximate surface area is 151 Å². The van der Waals surface area contributed by atoms with Crippen LogP contribution in [0.25, 0.3) is 0 Å². The van der Waals surface area contributed by atoms with Crippen LogP contribution in [0.2, 0.25) is 0 Å². The van der Waals surface area contributed by atoms with Gasteiger partial charge in [-0.25, -0.2) is 9.97 Å². The lowest BCUT2D eigenvalue weighted by atomic mass is 10.0. The second-order valence-electron chi connectivity index (χ2n) is 6.68. The van der Waals surface area contributed by atoms with Gasteiger partial charge in [0.25, 0.3) is 0 Å². The van der Waals surface area contributed by atoms with E-state index in [1.54, 1.807) is 6.20 Å². The van der Waals surface area contributed by atoms with Crippen LogP contribution < -0.4 is 15.8 Å². The number of rotatable bonds is 8. The molecule has 5 nitrogen and oxygen atoms in total. The van der Waals surface area contributed by atoms with Gasteiger partial charge in [-0.3, -0.25) is 0 Å². The third-order valence-corrected chi connectivity index (χ3v) is 4.49. The summed E-state index contributed by atoms with van der Waals surface area (Å²) in [5, 5.41) is 3.44. The molecule has 136 valence electrons. The third-order valence-electron chi connectivity index (χ3n) is 4.49. The van der Waals surface area contributed by atoms with Crippen molar-refractivity contribution in [2.75, 3.05) is 18.5 Å². The maximum Gasteiger partial charge on any atom is 0.180 e. The van der Waals surface area contributed by atoms with Crippen LogP contribution in [0.3, 0.4) is 0 Å². The maximum atomic E-state index is 5.96. The maximum absolute atomic E-state index is 5.96. The molecule has 0 saturated heterocycles. The first-order valence-electron chi connectivity index (χ1n) is 8.96. The Balaban J connectivity index is 2.19. The molecule has 25 heavy (non-hydrogen) atoms. The number of aryl methyl sites for hydroxylation is 4. The highest BCUT2D eigenvalue weighted by Gasteiger charge is 2.12. The van der Waals surface area contributed by atoms with Crippen molar-refractivity contribution in [2.45, 2.75) is 47.5 Å². The first kappa shape index (κ1) is 19.2. The Hall–Kier alpha value is -2.14. The monoisotopic (exact) mass is 342 g/mol. The zero-order chi connectivity index (χ0) is 18.4. The van der Waals surface area contributed by atoms with Crippen molar-refractivity contribution < 1.29 is 4.74 Å². The molecule has 0 radical (unpaired) electrons. The van der Waals surface area contributed by atoms with Gasteiger partial charge in [0, 0.05) is 5.69 Å². The van der Waals surface area contributed by atoms with Crippen LogP contribution in [-0.4, -0.2) is 23.1 Å². The second-order valence-corrected chi connectivity index (χ2v) is 6.68. The van der Waals surface area contributed by atoms with Gasteiger partial charge in [0.05, 0.1) is 12.8 Å². The summed E-state index contributed by atoms with van der Waals surface area (Å²) < 4.78 is 5.96. The molecule has 0 saturated carbocycles. The molecule has 2 aromatic rings. The van der Waals surface area contributed by atoms with Crippen molar-refractivity contribution in [1.82, 2.24) is 9.97 Å². The van der Waals surface area contributed by atoms with Gasteiger partial charge >= 0.3 is 0 Å². The molecule has 0 aliphatic rings. The van der Waals surface area contributed by atoms with Crippen LogP contribution >= 0.6 is 0 Å². The fourth-order valence-electron chi connectivity index (χ4n) is 2.97. The minimum atomic E-state index is 0.490. The van der Waals surface area contributed by atoms with Crippen molar-refractivity contribution in [1.29, 1.82) is 0 Å². The van der Waals surface area contributed by atoms with Gasteiger partial charge in [0.2, 0.25) is 0 Å². The molecule has 0 amide bonds. The van der Waals surface area contributed by atoms with Gasteiger partial charge in [0.15, 0.2) is 11.6 Å². The molecule has 1 unspecified atom stereocenters. The molecule has 1 heterocycles. The van der Waals surface area contributed by atoms with E-state index in [1.807, 2.05) is 6.92 Å². The van der Waals surface area contributed by atoms with Crippen LogP contribution in [-0.2, 0) is 0 Å². The molecule has 0 spiro atoms. The lowest BCUT2D eigenvalue weighted by Crippen LogP contribution is -2.16. The van der Waals surface area contributed by atoms with Gasteiger partial charge < -0.3 is 15.8 Å². The predicted molar refractivity (Wildman–Crippen MR) is 104 cm³/mol. The predicted octanol–water partition coefficient (Wildman–Crippen LogP) is 4.21. The normalized spacial score (nSPS) is 12.1. The average molecular weight is 342 g/mol. The highest BCUT2D eigenvalue weighted by atomic mass is 16.5. The van der Waals surface area contributed by atoms with Crippen molar-refractivity contribution in [2.24, 2.45) is 11.7 Å². The number of nitrogens with one attached hydrogen (secondary N) is 1. The van der Waals surface area contributed by atoms with Gasteiger partial charge in [-0.1, -0.05) is 31.0 Å². The Kier molecular flexibility index (Phi) is 6.76. The molecule has 1 atom stereocenters. The van der Waals surface area contributed by atoms with E-state index in [9.17, 15) is 0 Å². The van der Waals surface area contributed by atoms with Crippen LogP contribution in [0.5, 0.6) is 5.75 Å². The second kappa shape index (κ2) is 8.81. The summed E-state index contributed by atoms with van der Waals surface area (Å²) in [7, 11) is 0. The molecule has 0 aliphatic heterocycles. The van der Waals surface area contributed by atoms with Crippen LogP contribution in [0.1, 0.15) is 42.3 Å². The van der Waals surface area contributed by atoms with Crippen molar-refractivity contribution in [3.05, 3.63) is 40.8 Å². The minimum absolute atomic E-state index is 0.490. The SMILES string of the molecule is CCC(CN)CCOc1cnc(C)nc1Nc1c(C)cc(C)cc1C. The van der Waals surface area contributed by atoms with E-state index in [2.05, 4.69) is 55.1 Å². The number of hydrogen-bond donors (Lipinski definition) is 2. The van der Waals surface area contributed by atoms with Crippen molar-refractivity contribution in [3.8, 4) is 5.75 Å². The van der Waals surface area contributed by atoms with Gasteiger partial charge in [0.1, 0.15) is 5.82 Å². The minimum Gasteiger partial charge on any atom is -0.488 e. The van der Waals surface area contributed by atoms with Crippen molar-refractivity contribution >= 4 is 11.5 Å². The van der Waals surface area contributed by atoms with Crippen LogP contribution in [0, 0.1) is 33.6 Å². The Bertz CT molecular complexity index is 688. The zero-order valence-electron chi connectivity index (χ0n) is 16.0. The molecular weight excluding hydrogens is 312 g/mol. The number of hydrogen-bond acceptors (Lipinski definition) is 5. The third kappa shape index (κ3) is 5.16. The fraction of sp³-hybridized carbons (Fsp3) is 0.500. The summed E-state index contributed by atoms with van der Waals surface area (Å²) in [4.78, 5) is 8.82. The summed E-state index contributed by atoms with van der Waals surface area (Å²) in [6.07, 6.45) is 3.74. The lowest BCUT2D eigenvalue weighted by molar-refractivity contribution is 0.276. The summed E-state index contributed by atoms with van der Waals surface area (Å²) in [5.74, 6) is 2.59. The van der Waals surface area contributed by atoms with E-state index in [1.165, 1.54) is 16.7 Å². The van der Waals surface area contributed by atoms with E-state index in [0.717, 1.165) is 18.5 Å². The first-order chi connectivity index (χ1) is 11.9. The summed E-state index contributed by atoms with van der Waals surface area (Å²) >= 11 is 0. The van der Waals surface area contributed by atoms with Crippen LogP contribution in [0.15, 0.2) is 18.3 Å². The molecule has 2 rings (SSSR count). The fourth-order valence-corrected chi connectivity index (χ4v) is 2.97. The molecule has 5 heteroatoms. The highest BCUT2D eigenvalue weighted by molar-refractivity contribution is 5.68. The van der Waals surface area contributed by atoms with Crippen LogP contribution in [0.4, 0.5) is 11.5 Å². The number of nitrogens with zero attached hydrogens (tertiary/aromatic N) is 2. The number of benzene rings is 1. The number of aromatic nitrogens is 2. The van der Waals surface area contributed by atoms with Crippen molar-refractivity contribution in [3.63, 3.8) is 0 Å².